The van der Waals surface area contributed by atoms with Crippen molar-refractivity contribution in [1.29, 1.82) is 0 Å². The first-order chi connectivity index (χ1) is 13.7. The lowest BCUT2D eigenvalue weighted by molar-refractivity contribution is 0.0909. The normalized spacial score (nSPS) is 16.4. The summed E-state index contributed by atoms with van der Waals surface area (Å²) in [5, 5.41) is 3.33. The Kier molecular flexibility index (Phi) is 7.17. The number of hydrogen-bond acceptors (Lipinski definition) is 6. The molecular weight excluding hydrogens is 350 g/mol. The molecule has 1 fully saturated rings. The first-order valence-corrected chi connectivity index (χ1v) is 9.64. The van der Waals surface area contributed by atoms with E-state index >= 15 is 0 Å². The van der Waals surface area contributed by atoms with Crippen LogP contribution in [0.2, 0.25) is 0 Å². The molecule has 0 radical (unpaired) electrons. The van der Waals surface area contributed by atoms with E-state index in [1.54, 1.807) is 12.3 Å². The standard InChI is InChI=1S/C22H29N5O/c1-4-12-26(3)16-18-7-6-8-19(15-18)24-22-23-11-9-21(25-22)27-13-10-20(17-27)28-14-5-2/h4-9,11,15,20H,1-2,10,12-14,16-17H2,3H3,(H,23,24,25)/t20-/m1/s1. The minimum absolute atomic E-state index is 0.230. The molecule has 6 nitrogen and oxygen atoms in total. The van der Waals surface area contributed by atoms with Crippen molar-refractivity contribution in [2.24, 2.45) is 0 Å². The Morgan fingerprint density at radius 1 is 1.32 bits per heavy atom. The van der Waals surface area contributed by atoms with E-state index in [0.29, 0.717) is 12.6 Å². The summed E-state index contributed by atoms with van der Waals surface area (Å²) in [5.41, 5.74) is 2.21. The zero-order valence-corrected chi connectivity index (χ0v) is 16.6. The molecule has 1 aliphatic rings. The van der Waals surface area contributed by atoms with E-state index in [1.807, 2.05) is 24.3 Å². The van der Waals surface area contributed by atoms with Crippen LogP contribution in [-0.4, -0.2) is 54.3 Å². The zero-order valence-electron chi connectivity index (χ0n) is 16.6. The van der Waals surface area contributed by atoms with Gasteiger partial charge in [0.15, 0.2) is 0 Å². The molecule has 0 unspecified atom stereocenters. The number of rotatable bonds is 10. The van der Waals surface area contributed by atoms with Crippen molar-refractivity contribution < 1.29 is 4.74 Å². The molecule has 2 heterocycles. The Morgan fingerprint density at radius 3 is 3.04 bits per heavy atom. The van der Waals surface area contributed by atoms with Crippen molar-refractivity contribution in [3.8, 4) is 0 Å². The second kappa shape index (κ2) is 10.0. The van der Waals surface area contributed by atoms with Gasteiger partial charge in [0.25, 0.3) is 0 Å². The molecule has 1 saturated heterocycles. The molecule has 1 atom stereocenters. The van der Waals surface area contributed by atoms with Crippen molar-refractivity contribution in [1.82, 2.24) is 14.9 Å². The van der Waals surface area contributed by atoms with Gasteiger partial charge in [-0.15, -0.1) is 13.2 Å². The number of nitrogens with zero attached hydrogens (tertiary/aromatic N) is 4. The summed E-state index contributed by atoms with van der Waals surface area (Å²) < 4.78 is 5.76. The molecule has 0 spiro atoms. The van der Waals surface area contributed by atoms with E-state index in [0.717, 1.165) is 44.1 Å². The lowest BCUT2D eigenvalue weighted by Gasteiger charge is -2.18. The predicted octanol–water partition coefficient (Wildman–Crippen LogP) is 3.62. The molecule has 0 bridgehead atoms. The van der Waals surface area contributed by atoms with Gasteiger partial charge < -0.3 is 15.0 Å². The third kappa shape index (κ3) is 5.65. The van der Waals surface area contributed by atoms with Gasteiger partial charge in [-0.25, -0.2) is 4.98 Å². The van der Waals surface area contributed by atoms with E-state index < -0.39 is 0 Å². The highest BCUT2D eigenvalue weighted by Gasteiger charge is 2.24. The molecule has 1 aliphatic heterocycles. The molecular formula is C22H29N5O. The van der Waals surface area contributed by atoms with Gasteiger partial charge in [0, 0.05) is 38.1 Å². The Hall–Kier alpha value is -2.70. The lowest BCUT2D eigenvalue weighted by Crippen LogP contribution is -2.24. The number of aromatic nitrogens is 2. The molecule has 0 amide bonds. The van der Waals surface area contributed by atoms with E-state index in [-0.39, 0.29) is 6.10 Å². The van der Waals surface area contributed by atoms with E-state index in [1.165, 1.54) is 5.56 Å². The van der Waals surface area contributed by atoms with Crippen molar-refractivity contribution >= 4 is 17.5 Å². The second-order valence-electron chi connectivity index (χ2n) is 7.03. The average molecular weight is 380 g/mol. The maximum absolute atomic E-state index is 5.76. The summed E-state index contributed by atoms with van der Waals surface area (Å²) in [7, 11) is 2.08. The van der Waals surface area contributed by atoms with E-state index in [9.17, 15) is 0 Å². The van der Waals surface area contributed by atoms with Gasteiger partial charge in [-0.2, -0.15) is 4.98 Å². The van der Waals surface area contributed by atoms with Crippen LogP contribution in [0.15, 0.2) is 61.8 Å². The Bertz CT molecular complexity index is 794. The van der Waals surface area contributed by atoms with Crippen LogP contribution in [-0.2, 0) is 11.3 Å². The summed E-state index contributed by atoms with van der Waals surface area (Å²) in [6.07, 6.45) is 6.73. The van der Waals surface area contributed by atoms with Gasteiger partial charge in [0.2, 0.25) is 5.95 Å². The highest BCUT2D eigenvalue weighted by Crippen LogP contribution is 2.22. The van der Waals surface area contributed by atoms with Gasteiger partial charge in [-0.05, 0) is 37.2 Å². The maximum Gasteiger partial charge on any atom is 0.229 e. The molecule has 1 aromatic heterocycles. The van der Waals surface area contributed by atoms with Crippen LogP contribution >= 0.6 is 0 Å². The van der Waals surface area contributed by atoms with Gasteiger partial charge in [-0.1, -0.05) is 24.3 Å². The topological polar surface area (TPSA) is 53.5 Å². The molecule has 1 aromatic carbocycles. The molecule has 3 rings (SSSR count). The molecule has 1 N–H and O–H groups in total. The monoisotopic (exact) mass is 379 g/mol. The number of ether oxygens (including phenoxy) is 1. The second-order valence-corrected chi connectivity index (χ2v) is 7.03. The maximum atomic E-state index is 5.76. The van der Waals surface area contributed by atoms with Gasteiger partial charge >= 0.3 is 0 Å². The summed E-state index contributed by atoms with van der Waals surface area (Å²) in [5.74, 6) is 1.52. The number of hydrogen-bond donors (Lipinski definition) is 1. The van der Waals surface area contributed by atoms with Crippen LogP contribution < -0.4 is 10.2 Å². The minimum Gasteiger partial charge on any atom is -0.372 e. The average Bonchev–Trinajstić information content (AvgIpc) is 3.16. The first kappa shape index (κ1) is 20.0. The SMILES string of the molecule is C=CCO[C@@H]1CCN(c2ccnc(Nc3cccc(CN(C)CC=C)c3)n2)C1. The number of anilines is 3. The summed E-state index contributed by atoms with van der Waals surface area (Å²) >= 11 is 0. The van der Waals surface area contributed by atoms with E-state index in [4.69, 9.17) is 4.74 Å². The Labute approximate surface area is 167 Å². The first-order valence-electron chi connectivity index (χ1n) is 9.64. The van der Waals surface area contributed by atoms with Crippen molar-refractivity contribution in [3.05, 3.63) is 67.4 Å². The van der Waals surface area contributed by atoms with Crippen LogP contribution in [0.1, 0.15) is 12.0 Å². The van der Waals surface area contributed by atoms with Crippen molar-refractivity contribution in [2.75, 3.05) is 43.5 Å². The van der Waals surface area contributed by atoms with Gasteiger partial charge in [0.05, 0.1) is 12.7 Å². The summed E-state index contributed by atoms with van der Waals surface area (Å²) in [4.78, 5) is 13.5. The summed E-state index contributed by atoms with van der Waals surface area (Å²) in [6.45, 7) is 11.6. The van der Waals surface area contributed by atoms with Gasteiger partial charge in [-0.3, -0.25) is 4.90 Å². The highest BCUT2D eigenvalue weighted by atomic mass is 16.5. The van der Waals surface area contributed by atoms with Crippen LogP contribution in [0.4, 0.5) is 17.5 Å². The largest absolute Gasteiger partial charge is 0.372 e. The zero-order chi connectivity index (χ0) is 19.8. The minimum atomic E-state index is 0.230. The van der Waals surface area contributed by atoms with Crippen molar-refractivity contribution in [3.63, 3.8) is 0 Å². The highest BCUT2D eigenvalue weighted by molar-refractivity contribution is 5.56. The third-order valence-electron chi connectivity index (χ3n) is 4.64. The van der Waals surface area contributed by atoms with Crippen LogP contribution in [0, 0.1) is 0 Å². The Balaban J connectivity index is 1.63. The smallest absolute Gasteiger partial charge is 0.229 e. The van der Waals surface area contributed by atoms with Gasteiger partial charge in [0.1, 0.15) is 5.82 Å². The van der Waals surface area contributed by atoms with E-state index in [2.05, 4.69) is 57.4 Å². The fraction of sp³-hybridized carbons (Fsp3) is 0.364. The molecule has 2 aromatic rings. The predicted molar refractivity (Wildman–Crippen MR) is 115 cm³/mol. The fourth-order valence-electron chi connectivity index (χ4n) is 3.34. The third-order valence-corrected chi connectivity index (χ3v) is 4.64. The molecule has 6 heteroatoms. The molecule has 148 valence electrons. The van der Waals surface area contributed by atoms with Crippen molar-refractivity contribution in [2.45, 2.75) is 19.1 Å². The lowest BCUT2D eigenvalue weighted by atomic mass is 10.2. The molecule has 28 heavy (non-hydrogen) atoms. The fourth-order valence-corrected chi connectivity index (χ4v) is 3.34. The molecule has 0 saturated carbocycles. The number of nitrogens with one attached hydrogen (secondary N) is 1. The quantitative estimate of drug-likeness (QED) is 0.637. The van der Waals surface area contributed by atoms with Crippen LogP contribution in [0.5, 0.6) is 0 Å². The Morgan fingerprint density at radius 2 is 2.21 bits per heavy atom. The molecule has 0 aliphatic carbocycles. The summed E-state index contributed by atoms with van der Waals surface area (Å²) in [6, 6.07) is 10.3. The number of likely N-dealkylation sites (N-methyl/N-ethyl adjacent to an activating group) is 1. The number of benzene rings is 1. The van der Waals surface area contributed by atoms with Crippen LogP contribution in [0.3, 0.4) is 0 Å². The van der Waals surface area contributed by atoms with Crippen LogP contribution in [0.25, 0.3) is 0 Å².